The van der Waals surface area contributed by atoms with Gasteiger partial charge in [0.15, 0.2) is 0 Å². The topological polar surface area (TPSA) is 68.3 Å². The summed E-state index contributed by atoms with van der Waals surface area (Å²) in [5, 5.41) is 7.00. The molecule has 1 heterocycles. The van der Waals surface area contributed by atoms with Crippen LogP contribution >= 0.6 is 11.6 Å². The van der Waals surface area contributed by atoms with Crippen LogP contribution in [0.25, 0.3) is 0 Å². The molecular formula is C21H23ClN4O2. The van der Waals surface area contributed by atoms with Gasteiger partial charge in [0.1, 0.15) is 17.3 Å². The van der Waals surface area contributed by atoms with Gasteiger partial charge in [-0.1, -0.05) is 41.4 Å². The maximum Gasteiger partial charge on any atom is 0.229 e. The predicted molar refractivity (Wildman–Crippen MR) is 113 cm³/mol. The van der Waals surface area contributed by atoms with E-state index < -0.39 is 0 Å². The van der Waals surface area contributed by atoms with E-state index in [2.05, 4.69) is 45.7 Å². The minimum atomic E-state index is 0.453. The summed E-state index contributed by atoms with van der Waals surface area (Å²) in [5.74, 6) is 2.30. The third-order valence-electron chi connectivity index (χ3n) is 4.13. The number of ether oxygens (including phenoxy) is 2. The SMILES string of the molecule is COc1cc(Nc2nc(C)cc(NCc3cccc(C)c3)n2)c(OC)cc1Cl. The zero-order chi connectivity index (χ0) is 20.1. The van der Waals surface area contributed by atoms with Crippen LogP contribution in [0.5, 0.6) is 11.5 Å². The van der Waals surface area contributed by atoms with Crippen molar-refractivity contribution < 1.29 is 9.47 Å². The zero-order valence-corrected chi connectivity index (χ0v) is 17.1. The average Bonchev–Trinajstić information content (AvgIpc) is 2.67. The van der Waals surface area contributed by atoms with E-state index in [-0.39, 0.29) is 0 Å². The molecule has 0 aliphatic rings. The van der Waals surface area contributed by atoms with Crippen molar-refractivity contribution in [3.05, 3.63) is 64.3 Å². The van der Waals surface area contributed by atoms with Gasteiger partial charge in [0.25, 0.3) is 0 Å². The summed E-state index contributed by atoms with van der Waals surface area (Å²) in [5.41, 5.74) is 3.92. The number of rotatable bonds is 7. The van der Waals surface area contributed by atoms with Crippen LogP contribution in [0.15, 0.2) is 42.5 Å². The summed E-state index contributed by atoms with van der Waals surface area (Å²) in [6, 6.07) is 13.7. The van der Waals surface area contributed by atoms with E-state index in [0.717, 1.165) is 11.5 Å². The second-order valence-corrected chi connectivity index (χ2v) is 6.78. The van der Waals surface area contributed by atoms with Crippen LogP contribution in [0, 0.1) is 13.8 Å². The highest BCUT2D eigenvalue weighted by molar-refractivity contribution is 6.32. The third kappa shape index (κ3) is 4.84. The number of nitrogens with one attached hydrogen (secondary N) is 2. The summed E-state index contributed by atoms with van der Waals surface area (Å²) in [6.07, 6.45) is 0. The fourth-order valence-corrected chi connectivity index (χ4v) is 3.04. The molecule has 0 bridgehead atoms. The molecule has 0 atom stereocenters. The molecule has 1 aromatic heterocycles. The highest BCUT2D eigenvalue weighted by Crippen LogP contribution is 2.37. The first-order valence-electron chi connectivity index (χ1n) is 8.82. The Kier molecular flexibility index (Phi) is 6.21. The van der Waals surface area contributed by atoms with Crippen molar-refractivity contribution in [2.45, 2.75) is 20.4 Å². The number of hydrogen-bond acceptors (Lipinski definition) is 6. The maximum atomic E-state index is 6.17. The van der Waals surface area contributed by atoms with Gasteiger partial charge in [-0.3, -0.25) is 0 Å². The lowest BCUT2D eigenvalue weighted by molar-refractivity contribution is 0.405. The smallest absolute Gasteiger partial charge is 0.229 e. The lowest BCUT2D eigenvalue weighted by atomic mass is 10.1. The largest absolute Gasteiger partial charge is 0.495 e. The molecule has 0 radical (unpaired) electrons. The molecule has 0 unspecified atom stereocenters. The van der Waals surface area contributed by atoms with Crippen molar-refractivity contribution in [2.24, 2.45) is 0 Å². The number of aromatic nitrogens is 2. The van der Waals surface area contributed by atoms with Crippen LogP contribution in [-0.4, -0.2) is 24.2 Å². The van der Waals surface area contributed by atoms with Gasteiger partial charge in [-0.15, -0.1) is 0 Å². The van der Waals surface area contributed by atoms with Gasteiger partial charge in [-0.05, 0) is 19.4 Å². The molecular weight excluding hydrogens is 376 g/mol. The average molecular weight is 399 g/mol. The van der Waals surface area contributed by atoms with Gasteiger partial charge in [0, 0.05) is 30.4 Å². The molecule has 6 nitrogen and oxygen atoms in total. The molecule has 2 aromatic carbocycles. The third-order valence-corrected chi connectivity index (χ3v) is 4.43. The highest BCUT2D eigenvalue weighted by Gasteiger charge is 2.12. The number of halogens is 1. The molecule has 7 heteroatoms. The lowest BCUT2D eigenvalue weighted by Gasteiger charge is -2.14. The van der Waals surface area contributed by atoms with E-state index in [1.165, 1.54) is 11.1 Å². The molecule has 0 saturated carbocycles. The molecule has 0 aliphatic heterocycles. The van der Waals surface area contributed by atoms with Crippen LogP contribution in [0.1, 0.15) is 16.8 Å². The van der Waals surface area contributed by atoms with Gasteiger partial charge in [0.2, 0.25) is 5.95 Å². The minimum Gasteiger partial charge on any atom is -0.495 e. The minimum absolute atomic E-state index is 0.453. The monoisotopic (exact) mass is 398 g/mol. The van der Waals surface area contributed by atoms with Gasteiger partial charge >= 0.3 is 0 Å². The summed E-state index contributed by atoms with van der Waals surface area (Å²) in [6.45, 7) is 4.67. The van der Waals surface area contributed by atoms with Crippen LogP contribution in [0.4, 0.5) is 17.5 Å². The van der Waals surface area contributed by atoms with Crippen molar-refractivity contribution in [1.29, 1.82) is 0 Å². The van der Waals surface area contributed by atoms with Crippen LogP contribution in [0.2, 0.25) is 5.02 Å². The molecule has 0 aliphatic carbocycles. The second kappa shape index (κ2) is 8.80. The van der Waals surface area contributed by atoms with E-state index in [4.69, 9.17) is 21.1 Å². The Morgan fingerprint density at radius 1 is 0.964 bits per heavy atom. The molecule has 3 rings (SSSR count). The highest BCUT2D eigenvalue weighted by atomic mass is 35.5. The standard InChI is InChI=1S/C21H23ClN4O2/c1-13-6-5-7-15(8-13)12-23-20-9-14(2)24-21(26-20)25-17-11-18(27-3)16(22)10-19(17)28-4/h5-11H,12H2,1-4H3,(H2,23,24,25,26). The molecule has 3 aromatic rings. The molecule has 28 heavy (non-hydrogen) atoms. The summed E-state index contributed by atoms with van der Waals surface area (Å²) in [4.78, 5) is 9.02. The Bertz CT molecular complexity index is 979. The zero-order valence-electron chi connectivity index (χ0n) is 16.3. The molecule has 2 N–H and O–H groups in total. The Hall–Kier alpha value is -2.99. The van der Waals surface area contributed by atoms with Crippen LogP contribution in [-0.2, 0) is 6.54 Å². The van der Waals surface area contributed by atoms with E-state index in [1.807, 2.05) is 19.1 Å². The summed E-state index contributed by atoms with van der Waals surface area (Å²) < 4.78 is 10.7. The quantitative estimate of drug-likeness (QED) is 0.575. The Labute approximate surface area is 169 Å². The Morgan fingerprint density at radius 3 is 2.46 bits per heavy atom. The van der Waals surface area contributed by atoms with Crippen molar-refractivity contribution in [1.82, 2.24) is 9.97 Å². The molecule has 0 spiro atoms. The van der Waals surface area contributed by atoms with Gasteiger partial charge < -0.3 is 20.1 Å². The summed E-state index contributed by atoms with van der Waals surface area (Å²) >= 11 is 6.17. The molecule has 146 valence electrons. The first-order valence-corrected chi connectivity index (χ1v) is 9.20. The van der Waals surface area contributed by atoms with E-state index in [1.54, 1.807) is 26.4 Å². The number of anilines is 3. The molecule has 0 saturated heterocycles. The van der Waals surface area contributed by atoms with Crippen LogP contribution < -0.4 is 20.1 Å². The Balaban J connectivity index is 1.82. The van der Waals surface area contributed by atoms with Crippen molar-refractivity contribution >= 4 is 29.1 Å². The first-order chi connectivity index (χ1) is 13.5. The molecule has 0 fully saturated rings. The lowest BCUT2D eigenvalue weighted by Crippen LogP contribution is -2.06. The van der Waals surface area contributed by atoms with Gasteiger partial charge in [0.05, 0.1) is 24.9 Å². The fourth-order valence-electron chi connectivity index (χ4n) is 2.81. The first kappa shape index (κ1) is 19.8. The number of hydrogen-bond donors (Lipinski definition) is 2. The predicted octanol–water partition coefficient (Wildman–Crippen LogP) is 5.12. The fraction of sp³-hybridized carbons (Fsp3) is 0.238. The normalized spacial score (nSPS) is 10.5. The number of aryl methyl sites for hydroxylation is 2. The number of nitrogens with zero attached hydrogens (tertiary/aromatic N) is 2. The van der Waals surface area contributed by atoms with Gasteiger partial charge in [-0.25, -0.2) is 4.98 Å². The number of methoxy groups -OCH3 is 2. The van der Waals surface area contributed by atoms with Gasteiger partial charge in [-0.2, -0.15) is 4.98 Å². The maximum absolute atomic E-state index is 6.17. The van der Waals surface area contributed by atoms with Crippen LogP contribution in [0.3, 0.4) is 0 Å². The summed E-state index contributed by atoms with van der Waals surface area (Å²) in [7, 11) is 3.14. The van der Waals surface area contributed by atoms with E-state index in [9.17, 15) is 0 Å². The number of benzene rings is 2. The Morgan fingerprint density at radius 2 is 1.75 bits per heavy atom. The van der Waals surface area contributed by atoms with E-state index >= 15 is 0 Å². The van der Waals surface area contributed by atoms with Crippen molar-refractivity contribution in [3.8, 4) is 11.5 Å². The van der Waals surface area contributed by atoms with E-state index in [0.29, 0.717) is 34.7 Å². The van der Waals surface area contributed by atoms with Crippen molar-refractivity contribution in [2.75, 3.05) is 24.9 Å². The second-order valence-electron chi connectivity index (χ2n) is 6.37. The molecule has 0 amide bonds. The van der Waals surface area contributed by atoms with Crippen molar-refractivity contribution in [3.63, 3.8) is 0 Å².